The molecule has 1 rings (SSSR count). The van der Waals surface area contributed by atoms with Gasteiger partial charge in [-0.05, 0) is 31.9 Å². The molecule has 1 N–H and O–H groups in total. The first-order valence-corrected chi connectivity index (χ1v) is 7.77. The normalized spacial score (nSPS) is 11.9. The van der Waals surface area contributed by atoms with Gasteiger partial charge >= 0.3 is 0 Å². The Labute approximate surface area is 120 Å². The zero-order valence-corrected chi connectivity index (χ0v) is 12.8. The number of aryl methyl sites for hydroxylation is 1. The number of carbonyl (C=O) groups excluding carboxylic acids is 1. The summed E-state index contributed by atoms with van der Waals surface area (Å²) in [6.45, 7) is 7.39. The van der Waals surface area contributed by atoms with Crippen LogP contribution in [-0.2, 0) is 4.79 Å². The van der Waals surface area contributed by atoms with Crippen LogP contribution in [0.5, 0.6) is 5.75 Å². The molecule has 0 saturated heterocycles. The molecule has 0 radical (unpaired) electrons. The van der Waals surface area contributed by atoms with Gasteiger partial charge in [0.25, 0.3) is 0 Å². The van der Waals surface area contributed by atoms with Crippen molar-refractivity contribution in [2.24, 2.45) is 0 Å². The van der Waals surface area contributed by atoms with Gasteiger partial charge in [-0.25, -0.2) is 0 Å². The van der Waals surface area contributed by atoms with Gasteiger partial charge in [0.2, 0.25) is 5.91 Å². The molecule has 0 bridgehead atoms. The fraction of sp³-hybridized carbons (Fsp3) is 0.533. The second kappa shape index (κ2) is 8.86. The molecule has 0 aliphatic carbocycles. The lowest BCUT2D eigenvalue weighted by Crippen LogP contribution is -2.31. The van der Waals surface area contributed by atoms with Crippen molar-refractivity contribution in [3.8, 4) is 5.75 Å². The van der Waals surface area contributed by atoms with Crippen molar-refractivity contribution in [2.45, 2.75) is 32.4 Å². The number of para-hydroxylation sites is 1. The first-order chi connectivity index (χ1) is 9.15. The van der Waals surface area contributed by atoms with E-state index in [1.165, 1.54) is 0 Å². The highest BCUT2D eigenvalue weighted by Gasteiger charge is 2.12. The summed E-state index contributed by atoms with van der Waals surface area (Å²) < 4.78 is 5.70. The van der Waals surface area contributed by atoms with Gasteiger partial charge in [-0.2, -0.15) is 0 Å². The maximum atomic E-state index is 11.6. The fourth-order valence-corrected chi connectivity index (χ4v) is 2.33. The Hall–Kier alpha value is -1.16. The molecular weight excluding hydrogens is 258 g/mol. The van der Waals surface area contributed by atoms with E-state index in [4.69, 9.17) is 4.74 Å². The van der Waals surface area contributed by atoms with Crippen molar-refractivity contribution in [2.75, 3.05) is 18.9 Å². The number of hydrogen-bond acceptors (Lipinski definition) is 3. The van der Waals surface area contributed by atoms with E-state index in [-0.39, 0.29) is 11.2 Å². The van der Waals surface area contributed by atoms with E-state index in [9.17, 15) is 4.79 Å². The Morgan fingerprint density at radius 1 is 1.42 bits per heavy atom. The molecule has 0 fully saturated rings. The molecule has 0 spiro atoms. The second-order valence-electron chi connectivity index (χ2n) is 4.42. The first kappa shape index (κ1) is 15.9. The van der Waals surface area contributed by atoms with E-state index >= 15 is 0 Å². The molecule has 106 valence electrons. The molecule has 1 atom stereocenters. The summed E-state index contributed by atoms with van der Waals surface area (Å²) in [5.41, 5.74) is 1.14. The zero-order valence-electron chi connectivity index (χ0n) is 11.9. The molecule has 1 amide bonds. The molecule has 19 heavy (non-hydrogen) atoms. The van der Waals surface area contributed by atoms with E-state index in [1.807, 2.05) is 45.0 Å². The minimum atomic E-state index is -0.0213. The van der Waals surface area contributed by atoms with Crippen molar-refractivity contribution in [1.82, 2.24) is 5.32 Å². The van der Waals surface area contributed by atoms with Gasteiger partial charge in [0.05, 0.1) is 11.9 Å². The number of thioether (sulfide) groups is 1. The van der Waals surface area contributed by atoms with Gasteiger partial charge in [0.15, 0.2) is 0 Å². The molecule has 3 nitrogen and oxygen atoms in total. The van der Waals surface area contributed by atoms with Crippen LogP contribution in [0.4, 0.5) is 0 Å². The monoisotopic (exact) mass is 281 g/mol. The minimum absolute atomic E-state index is 0.0213. The Balaban J connectivity index is 2.20. The van der Waals surface area contributed by atoms with Gasteiger partial charge < -0.3 is 10.1 Å². The predicted octanol–water partition coefficient (Wildman–Crippen LogP) is 3.02. The molecule has 0 saturated carbocycles. The van der Waals surface area contributed by atoms with Crippen LogP contribution in [0.1, 0.15) is 25.8 Å². The van der Waals surface area contributed by atoms with Gasteiger partial charge in [-0.1, -0.05) is 25.1 Å². The van der Waals surface area contributed by atoms with E-state index in [0.29, 0.717) is 6.61 Å². The lowest BCUT2D eigenvalue weighted by atomic mass is 10.2. The molecule has 4 heteroatoms. The van der Waals surface area contributed by atoms with Crippen LogP contribution >= 0.6 is 11.8 Å². The highest BCUT2D eigenvalue weighted by molar-refractivity contribution is 8.00. The summed E-state index contributed by atoms with van der Waals surface area (Å²) in [6, 6.07) is 7.97. The maximum Gasteiger partial charge on any atom is 0.232 e. The largest absolute Gasteiger partial charge is 0.492 e. The predicted molar refractivity (Wildman–Crippen MR) is 81.9 cm³/mol. The van der Waals surface area contributed by atoms with E-state index < -0.39 is 0 Å². The first-order valence-electron chi connectivity index (χ1n) is 6.73. The van der Waals surface area contributed by atoms with Crippen molar-refractivity contribution in [1.29, 1.82) is 0 Å². The van der Waals surface area contributed by atoms with Crippen LogP contribution in [0, 0.1) is 6.92 Å². The number of benzene rings is 1. The van der Waals surface area contributed by atoms with Gasteiger partial charge in [-0.15, -0.1) is 11.8 Å². The Kier molecular flexibility index (Phi) is 7.41. The third kappa shape index (κ3) is 6.01. The smallest absolute Gasteiger partial charge is 0.232 e. The number of rotatable bonds is 8. The summed E-state index contributed by atoms with van der Waals surface area (Å²) >= 11 is 1.62. The quantitative estimate of drug-likeness (QED) is 0.744. The summed E-state index contributed by atoms with van der Waals surface area (Å²) in [6.07, 6.45) is 0.972. The van der Waals surface area contributed by atoms with Crippen LogP contribution in [0.2, 0.25) is 0 Å². The third-order valence-corrected chi connectivity index (χ3v) is 3.84. The summed E-state index contributed by atoms with van der Waals surface area (Å²) in [5, 5.41) is 2.88. The highest BCUT2D eigenvalue weighted by atomic mass is 32.2. The Morgan fingerprint density at radius 3 is 2.84 bits per heavy atom. The molecule has 1 unspecified atom stereocenters. The Morgan fingerprint density at radius 2 is 2.16 bits per heavy atom. The lowest BCUT2D eigenvalue weighted by Gasteiger charge is -2.12. The fourth-order valence-electron chi connectivity index (χ4n) is 1.56. The number of ether oxygens (including phenoxy) is 1. The van der Waals surface area contributed by atoms with E-state index in [0.717, 1.165) is 30.0 Å². The van der Waals surface area contributed by atoms with E-state index in [1.54, 1.807) is 11.8 Å². The SMILES string of the molecule is CCCNC(=O)C(C)SCCOc1ccccc1C. The topological polar surface area (TPSA) is 38.3 Å². The lowest BCUT2D eigenvalue weighted by molar-refractivity contribution is -0.120. The van der Waals surface area contributed by atoms with Gasteiger partial charge in [0.1, 0.15) is 5.75 Å². The molecule has 0 aliphatic rings. The summed E-state index contributed by atoms with van der Waals surface area (Å²) in [7, 11) is 0. The summed E-state index contributed by atoms with van der Waals surface area (Å²) in [4.78, 5) is 11.6. The van der Waals surface area contributed by atoms with Crippen molar-refractivity contribution in [3.05, 3.63) is 29.8 Å². The van der Waals surface area contributed by atoms with Crippen LogP contribution in [-0.4, -0.2) is 30.1 Å². The highest BCUT2D eigenvalue weighted by Crippen LogP contribution is 2.17. The van der Waals surface area contributed by atoms with Crippen molar-refractivity contribution in [3.63, 3.8) is 0 Å². The third-order valence-electron chi connectivity index (χ3n) is 2.72. The molecule has 0 heterocycles. The van der Waals surface area contributed by atoms with Crippen molar-refractivity contribution < 1.29 is 9.53 Å². The number of carbonyl (C=O) groups is 1. The number of nitrogens with one attached hydrogen (secondary N) is 1. The second-order valence-corrected chi connectivity index (χ2v) is 5.87. The van der Waals surface area contributed by atoms with Crippen molar-refractivity contribution >= 4 is 17.7 Å². The maximum absolute atomic E-state index is 11.6. The number of amides is 1. The summed E-state index contributed by atoms with van der Waals surface area (Å²) in [5.74, 6) is 1.85. The molecule has 0 aromatic heterocycles. The van der Waals surface area contributed by atoms with Crippen LogP contribution < -0.4 is 10.1 Å². The molecule has 1 aromatic rings. The van der Waals surface area contributed by atoms with E-state index in [2.05, 4.69) is 5.32 Å². The number of hydrogen-bond donors (Lipinski definition) is 1. The minimum Gasteiger partial charge on any atom is -0.492 e. The van der Waals surface area contributed by atoms with Crippen LogP contribution in [0.15, 0.2) is 24.3 Å². The average Bonchev–Trinajstić information content (AvgIpc) is 2.42. The molecule has 0 aliphatic heterocycles. The standard InChI is InChI=1S/C15H23NO2S/c1-4-9-16-15(17)13(3)19-11-10-18-14-8-6-5-7-12(14)2/h5-8,13H,4,9-11H2,1-3H3,(H,16,17). The van der Waals surface area contributed by atoms with Crippen LogP contribution in [0.3, 0.4) is 0 Å². The van der Waals surface area contributed by atoms with Crippen LogP contribution in [0.25, 0.3) is 0 Å². The Bertz CT molecular complexity index is 395. The average molecular weight is 281 g/mol. The van der Waals surface area contributed by atoms with Gasteiger partial charge in [0, 0.05) is 12.3 Å². The van der Waals surface area contributed by atoms with Gasteiger partial charge in [-0.3, -0.25) is 4.79 Å². The molecule has 1 aromatic carbocycles. The molecular formula is C15H23NO2S. The zero-order chi connectivity index (χ0) is 14.1.